The van der Waals surface area contributed by atoms with Gasteiger partial charge in [0.1, 0.15) is 0 Å². The van der Waals surface area contributed by atoms with Crippen molar-refractivity contribution in [2.24, 2.45) is 5.92 Å². The molecule has 0 saturated carbocycles. The number of hydrogen-bond acceptors (Lipinski definition) is 3. The van der Waals surface area contributed by atoms with Crippen molar-refractivity contribution in [2.75, 3.05) is 19.6 Å². The van der Waals surface area contributed by atoms with Crippen molar-refractivity contribution in [3.05, 3.63) is 35.4 Å². The van der Waals surface area contributed by atoms with Gasteiger partial charge in [0.25, 0.3) is 0 Å². The summed E-state index contributed by atoms with van der Waals surface area (Å²) in [5, 5.41) is 9.32. The zero-order chi connectivity index (χ0) is 17.9. The lowest BCUT2D eigenvalue weighted by atomic mass is 9.84. The predicted octanol–water partition coefficient (Wildman–Crippen LogP) is 3.34. The molecule has 0 amide bonds. The average molecular weight is 333 g/mol. The van der Waals surface area contributed by atoms with E-state index >= 15 is 0 Å². The van der Waals surface area contributed by atoms with Gasteiger partial charge < -0.3 is 9.84 Å². The van der Waals surface area contributed by atoms with Crippen LogP contribution in [-0.4, -0.2) is 47.8 Å². The van der Waals surface area contributed by atoms with Crippen LogP contribution in [0.1, 0.15) is 45.7 Å². The zero-order valence-corrected chi connectivity index (χ0v) is 15.6. The molecule has 0 aromatic heterocycles. The Labute approximate surface area is 145 Å². The van der Waals surface area contributed by atoms with Gasteiger partial charge in [0.05, 0.1) is 17.6 Å². The zero-order valence-electron chi connectivity index (χ0n) is 15.6. The van der Waals surface area contributed by atoms with Gasteiger partial charge in [-0.2, -0.15) is 0 Å². The number of benzene rings is 1. The number of carboxylic acids is 1. The molecule has 0 unspecified atom stereocenters. The Morgan fingerprint density at radius 2 is 1.79 bits per heavy atom. The Hall–Kier alpha value is -1.39. The molecule has 3 atom stereocenters. The van der Waals surface area contributed by atoms with E-state index in [0.29, 0.717) is 18.1 Å². The van der Waals surface area contributed by atoms with Gasteiger partial charge in [-0.25, -0.2) is 0 Å². The highest BCUT2D eigenvalue weighted by molar-refractivity contribution is 5.80. The molecular weight excluding hydrogens is 302 g/mol. The van der Waals surface area contributed by atoms with Crippen molar-refractivity contribution in [3.63, 3.8) is 0 Å². The minimum atomic E-state index is -0.843. The molecule has 1 aromatic carbocycles. The first-order valence-electron chi connectivity index (χ1n) is 8.89. The van der Waals surface area contributed by atoms with Crippen LogP contribution in [0.25, 0.3) is 0 Å². The van der Waals surface area contributed by atoms with E-state index in [1.165, 1.54) is 5.56 Å². The number of ether oxygens (including phenoxy) is 1. The molecule has 1 saturated heterocycles. The van der Waals surface area contributed by atoms with Crippen LogP contribution in [0.4, 0.5) is 0 Å². The molecule has 0 bridgehead atoms. The van der Waals surface area contributed by atoms with E-state index in [9.17, 15) is 9.90 Å². The molecule has 24 heavy (non-hydrogen) atoms. The molecule has 0 spiro atoms. The minimum Gasteiger partial charge on any atom is -0.481 e. The molecule has 1 aromatic rings. The predicted molar refractivity (Wildman–Crippen MR) is 96.4 cm³/mol. The van der Waals surface area contributed by atoms with Gasteiger partial charge in [-0.3, -0.25) is 9.69 Å². The van der Waals surface area contributed by atoms with Crippen LogP contribution in [0.5, 0.6) is 0 Å². The van der Waals surface area contributed by atoms with E-state index in [4.69, 9.17) is 4.74 Å². The van der Waals surface area contributed by atoms with Crippen molar-refractivity contribution in [2.45, 2.75) is 58.7 Å². The molecule has 0 aliphatic carbocycles. The molecule has 1 N–H and O–H groups in total. The molecular formula is C20H31NO3. The molecule has 1 fully saturated rings. The lowest BCUT2D eigenvalue weighted by Gasteiger charge is -2.36. The Kier molecular flexibility index (Phi) is 6.05. The molecule has 0 radical (unpaired) electrons. The third kappa shape index (κ3) is 4.81. The fourth-order valence-electron chi connectivity index (χ4n) is 3.52. The molecule has 1 aliphatic heterocycles. The number of carboxylic acid groups (broad SMARTS) is 1. The maximum absolute atomic E-state index is 11.3. The van der Waals surface area contributed by atoms with E-state index in [0.717, 1.165) is 31.6 Å². The smallest absolute Gasteiger partial charge is 0.313 e. The van der Waals surface area contributed by atoms with Crippen LogP contribution in [0.3, 0.4) is 0 Å². The van der Waals surface area contributed by atoms with E-state index in [1.54, 1.807) is 13.8 Å². The lowest BCUT2D eigenvalue weighted by Crippen LogP contribution is -2.47. The van der Waals surface area contributed by atoms with E-state index in [2.05, 4.69) is 37.8 Å². The summed E-state index contributed by atoms with van der Waals surface area (Å²) in [6, 6.07) is 8.05. The highest BCUT2D eigenvalue weighted by Gasteiger charge is 2.29. The van der Waals surface area contributed by atoms with Gasteiger partial charge in [0, 0.05) is 19.6 Å². The maximum atomic E-state index is 11.3. The fraction of sp³-hybridized carbons (Fsp3) is 0.650. The standard InChI is InChI=1S/C20H31NO3/c1-14(11-21-12-15(2)24-16(3)13-21)10-17-6-8-18(9-7-17)20(4,5)19(22)23/h6-9,14-16H,10-13H2,1-5H3,(H,22,23)/t14-,15-,16+/m0/s1. The van der Waals surface area contributed by atoms with Gasteiger partial charge in [0.15, 0.2) is 0 Å². The maximum Gasteiger partial charge on any atom is 0.313 e. The van der Waals surface area contributed by atoms with Crippen molar-refractivity contribution in [1.82, 2.24) is 4.90 Å². The van der Waals surface area contributed by atoms with Crippen molar-refractivity contribution in [3.8, 4) is 0 Å². The summed E-state index contributed by atoms with van der Waals surface area (Å²) < 4.78 is 5.79. The van der Waals surface area contributed by atoms with Gasteiger partial charge >= 0.3 is 5.97 Å². The van der Waals surface area contributed by atoms with Crippen molar-refractivity contribution >= 4 is 5.97 Å². The SMILES string of the molecule is C[C@@H](Cc1ccc(C(C)(C)C(=O)O)cc1)CN1C[C@@H](C)O[C@@H](C)C1. The fourth-order valence-corrected chi connectivity index (χ4v) is 3.52. The first kappa shape index (κ1) is 18.9. The van der Waals surface area contributed by atoms with E-state index in [-0.39, 0.29) is 0 Å². The molecule has 4 heteroatoms. The first-order chi connectivity index (χ1) is 11.2. The van der Waals surface area contributed by atoms with Gasteiger partial charge in [-0.15, -0.1) is 0 Å². The second kappa shape index (κ2) is 7.66. The normalized spacial score (nSPS) is 23.9. The van der Waals surface area contributed by atoms with Crippen LogP contribution in [0.2, 0.25) is 0 Å². The van der Waals surface area contributed by atoms with Crippen LogP contribution in [-0.2, 0) is 21.4 Å². The number of nitrogens with zero attached hydrogens (tertiary/aromatic N) is 1. The molecule has 1 heterocycles. The van der Waals surface area contributed by atoms with Crippen LogP contribution in [0, 0.1) is 5.92 Å². The van der Waals surface area contributed by atoms with E-state index in [1.807, 2.05) is 12.1 Å². The van der Waals surface area contributed by atoms with Gasteiger partial charge in [-0.1, -0.05) is 31.2 Å². The van der Waals surface area contributed by atoms with Crippen molar-refractivity contribution < 1.29 is 14.6 Å². The Morgan fingerprint density at radius 3 is 2.29 bits per heavy atom. The summed E-state index contributed by atoms with van der Waals surface area (Å²) >= 11 is 0. The highest BCUT2D eigenvalue weighted by Crippen LogP contribution is 2.24. The van der Waals surface area contributed by atoms with Crippen LogP contribution in [0.15, 0.2) is 24.3 Å². The average Bonchev–Trinajstić information content (AvgIpc) is 2.46. The lowest BCUT2D eigenvalue weighted by molar-refractivity contribution is -0.142. The largest absolute Gasteiger partial charge is 0.481 e. The monoisotopic (exact) mass is 333 g/mol. The quantitative estimate of drug-likeness (QED) is 0.867. The van der Waals surface area contributed by atoms with Crippen LogP contribution < -0.4 is 0 Å². The Morgan fingerprint density at radius 1 is 1.25 bits per heavy atom. The number of morpholine rings is 1. The summed E-state index contributed by atoms with van der Waals surface area (Å²) in [4.78, 5) is 13.8. The summed E-state index contributed by atoms with van der Waals surface area (Å²) in [7, 11) is 0. The number of carbonyl (C=O) groups is 1. The minimum absolute atomic E-state index is 0.304. The second-order valence-electron chi connectivity index (χ2n) is 7.91. The van der Waals surface area contributed by atoms with Crippen LogP contribution >= 0.6 is 0 Å². The molecule has 4 nitrogen and oxygen atoms in total. The highest BCUT2D eigenvalue weighted by atomic mass is 16.5. The van der Waals surface area contributed by atoms with Gasteiger partial charge in [-0.05, 0) is 51.2 Å². The number of aliphatic carboxylic acids is 1. The summed E-state index contributed by atoms with van der Waals surface area (Å²) in [5.41, 5.74) is 1.27. The third-order valence-electron chi connectivity index (χ3n) is 4.86. The second-order valence-corrected chi connectivity index (χ2v) is 7.91. The Balaban J connectivity index is 1.92. The van der Waals surface area contributed by atoms with Gasteiger partial charge in [0.2, 0.25) is 0 Å². The molecule has 1 aliphatic rings. The molecule has 2 rings (SSSR count). The van der Waals surface area contributed by atoms with Crippen molar-refractivity contribution in [1.29, 1.82) is 0 Å². The number of rotatable bonds is 6. The Bertz CT molecular complexity index is 543. The summed E-state index contributed by atoms with van der Waals surface area (Å²) in [6.45, 7) is 13.1. The van der Waals surface area contributed by atoms with E-state index < -0.39 is 11.4 Å². The summed E-state index contributed by atoms with van der Waals surface area (Å²) in [6.07, 6.45) is 1.62. The topological polar surface area (TPSA) is 49.8 Å². The first-order valence-corrected chi connectivity index (χ1v) is 8.89. The third-order valence-corrected chi connectivity index (χ3v) is 4.86. The number of hydrogen-bond donors (Lipinski definition) is 1. The summed E-state index contributed by atoms with van der Waals surface area (Å²) in [5.74, 6) is -0.236. The molecule has 134 valence electrons.